The fraction of sp³-hybridized carbons (Fsp3) is 0.692. The molecule has 0 bridgehead atoms. The molecule has 1 N–H and O–H groups in total. The van der Waals surface area contributed by atoms with Crippen LogP contribution in [0.15, 0.2) is 11.3 Å². The molecular formula is C13H22O. The molecule has 0 spiro atoms. The summed E-state index contributed by atoms with van der Waals surface area (Å²) in [6.45, 7) is 8.22. The molecule has 0 fully saturated rings. The summed E-state index contributed by atoms with van der Waals surface area (Å²) in [4.78, 5) is 0. The number of allylic oxidation sites excluding steroid dienone is 2. The molecule has 0 amide bonds. The van der Waals surface area contributed by atoms with Crippen molar-refractivity contribution < 1.29 is 5.11 Å². The Morgan fingerprint density at radius 3 is 2.36 bits per heavy atom. The number of hydrogen-bond acceptors (Lipinski definition) is 1. The lowest BCUT2D eigenvalue weighted by Gasteiger charge is -2.28. The van der Waals surface area contributed by atoms with Crippen LogP contribution in [-0.2, 0) is 0 Å². The van der Waals surface area contributed by atoms with Crippen LogP contribution in [0.5, 0.6) is 0 Å². The lowest BCUT2D eigenvalue weighted by Crippen LogP contribution is -2.19. The monoisotopic (exact) mass is 194 g/mol. The van der Waals surface area contributed by atoms with E-state index in [-0.39, 0.29) is 5.41 Å². The van der Waals surface area contributed by atoms with Gasteiger partial charge < -0.3 is 5.11 Å². The summed E-state index contributed by atoms with van der Waals surface area (Å²) >= 11 is 0. The molecule has 0 radical (unpaired) electrons. The van der Waals surface area contributed by atoms with Gasteiger partial charge in [-0.15, -0.1) is 12.3 Å². The Morgan fingerprint density at radius 1 is 1.43 bits per heavy atom. The van der Waals surface area contributed by atoms with Crippen LogP contribution < -0.4 is 0 Å². The maximum Gasteiger partial charge on any atom is 0.0970 e. The van der Waals surface area contributed by atoms with Crippen molar-refractivity contribution >= 4 is 0 Å². The first-order valence-electron chi connectivity index (χ1n) is 5.34. The van der Waals surface area contributed by atoms with Gasteiger partial charge in [0, 0.05) is 11.8 Å². The molecule has 1 nitrogen and oxygen atoms in total. The van der Waals surface area contributed by atoms with Gasteiger partial charge in [-0.05, 0) is 31.8 Å². The Balaban J connectivity index is 4.77. The van der Waals surface area contributed by atoms with Gasteiger partial charge in [0.1, 0.15) is 0 Å². The van der Waals surface area contributed by atoms with Crippen molar-refractivity contribution in [3.05, 3.63) is 11.3 Å². The molecule has 1 unspecified atom stereocenters. The van der Waals surface area contributed by atoms with E-state index >= 15 is 0 Å². The zero-order valence-corrected chi connectivity index (χ0v) is 9.85. The highest BCUT2D eigenvalue weighted by Gasteiger charge is 2.27. The van der Waals surface area contributed by atoms with Crippen molar-refractivity contribution in [1.82, 2.24) is 0 Å². The summed E-state index contributed by atoms with van der Waals surface area (Å²) < 4.78 is 0. The summed E-state index contributed by atoms with van der Waals surface area (Å²) in [5.41, 5.74) is 0.943. The molecule has 14 heavy (non-hydrogen) atoms. The number of aliphatic hydroxyl groups excluding tert-OH is 1. The van der Waals surface area contributed by atoms with Gasteiger partial charge in [0.25, 0.3) is 0 Å². The SMILES string of the molecule is C#CCCC(C)(CC)/C(O)=C(\C)CC. The highest BCUT2D eigenvalue weighted by molar-refractivity contribution is 5.13. The molecule has 0 heterocycles. The Morgan fingerprint density at radius 2 is 2.00 bits per heavy atom. The first kappa shape index (κ1) is 13.1. The maximum absolute atomic E-state index is 10.1. The summed E-state index contributed by atoms with van der Waals surface area (Å²) in [5, 5.41) is 10.1. The van der Waals surface area contributed by atoms with Gasteiger partial charge in [-0.25, -0.2) is 0 Å². The third-order valence-corrected chi connectivity index (χ3v) is 3.11. The molecule has 0 aromatic heterocycles. The Hall–Kier alpha value is -0.900. The van der Waals surface area contributed by atoms with Crippen molar-refractivity contribution in [2.45, 2.75) is 53.4 Å². The molecule has 1 heteroatoms. The fourth-order valence-corrected chi connectivity index (χ4v) is 1.49. The molecule has 0 saturated heterocycles. The Labute approximate surface area is 88.2 Å². The average Bonchev–Trinajstić information content (AvgIpc) is 2.23. The van der Waals surface area contributed by atoms with Crippen LogP contribution in [0.25, 0.3) is 0 Å². The van der Waals surface area contributed by atoms with Crippen molar-refractivity contribution in [3.8, 4) is 12.3 Å². The quantitative estimate of drug-likeness (QED) is 0.517. The topological polar surface area (TPSA) is 20.2 Å². The lowest BCUT2D eigenvalue weighted by atomic mass is 9.79. The molecular weight excluding hydrogens is 172 g/mol. The van der Waals surface area contributed by atoms with Crippen LogP contribution in [0.3, 0.4) is 0 Å². The molecule has 0 aliphatic rings. The van der Waals surface area contributed by atoms with Gasteiger partial charge in [0.2, 0.25) is 0 Å². The van der Waals surface area contributed by atoms with E-state index in [0.29, 0.717) is 5.76 Å². The Kier molecular flexibility index (Phi) is 5.38. The average molecular weight is 194 g/mol. The molecule has 0 rings (SSSR count). The van der Waals surface area contributed by atoms with Crippen LogP contribution in [0.4, 0.5) is 0 Å². The summed E-state index contributed by atoms with van der Waals surface area (Å²) in [6.07, 6.45) is 8.67. The number of rotatable bonds is 5. The minimum atomic E-state index is -0.132. The van der Waals surface area contributed by atoms with Crippen molar-refractivity contribution in [2.75, 3.05) is 0 Å². The fourth-order valence-electron chi connectivity index (χ4n) is 1.49. The standard InChI is InChI=1S/C13H22O/c1-6-9-10-13(5,8-3)12(14)11(4)7-2/h1,14H,7-10H2,2-5H3/b12-11-. The van der Waals surface area contributed by atoms with E-state index in [2.05, 4.69) is 26.7 Å². The number of aliphatic hydroxyl groups is 1. The zero-order chi connectivity index (χ0) is 11.2. The third-order valence-electron chi connectivity index (χ3n) is 3.11. The summed E-state index contributed by atoms with van der Waals surface area (Å²) in [5.74, 6) is 3.18. The second-order valence-electron chi connectivity index (χ2n) is 4.10. The van der Waals surface area contributed by atoms with Gasteiger partial charge in [0.15, 0.2) is 0 Å². The zero-order valence-electron chi connectivity index (χ0n) is 9.85. The normalized spacial score (nSPS) is 16.8. The smallest absolute Gasteiger partial charge is 0.0970 e. The number of terminal acetylenes is 1. The van der Waals surface area contributed by atoms with Crippen LogP contribution in [0.2, 0.25) is 0 Å². The Bertz CT molecular complexity index is 244. The van der Waals surface area contributed by atoms with Gasteiger partial charge in [-0.2, -0.15) is 0 Å². The van der Waals surface area contributed by atoms with Gasteiger partial charge in [-0.1, -0.05) is 20.8 Å². The highest BCUT2D eigenvalue weighted by atomic mass is 16.3. The summed E-state index contributed by atoms with van der Waals surface area (Å²) in [6, 6.07) is 0. The second-order valence-corrected chi connectivity index (χ2v) is 4.10. The van der Waals surface area contributed by atoms with Crippen LogP contribution >= 0.6 is 0 Å². The van der Waals surface area contributed by atoms with Crippen LogP contribution in [-0.4, -0.2) is 5.11 Å². The predicted molar refractivity (Wildman–Crippen MR) is 62.1 cm³/mol. The lowest BCUT2D eigenvalue weighted by molar-refractivity contribution is 0.213. The first-order chi connectivity index (χ1) is 6.51. The molecule has 1 atom stereocenters. The molecule has 0 aromatic carbocycles. The minimum Gasteiger partial charge on any atom is -0.512 e. The second kappa shape index (κ2) is 5.75. The van der Waals surface area contributed by atoms with Gasteiger partial charge >= 0.3 is 0 Å². The largest absolute Gasteiger partial charge is 0.512 e. The van der Waals surface area contributed by atoms with Crippen molar-refractivity contribution in [1.29, 1.82) is 0 Å². The predicted octanol–water partition coefficient (Wildman–Crippen LogP) is 4.06. The molecule has 80 valence electrons. The van der Waals surface area contributed by atoms with E-state index in [1.807, 2.05) is 6.92 Å². The molecule has 0 saturated carbocycles. The number of hydrogen-bond donors (Lipinski definition) is 1. The van der Waals surface area contributed by atoms with Crippen LogP contribution in [0, 0.1) is 17.8 Å². The van der Waals surface area contributed by atoms with E-state index in [9.17, 15) is 5.11 Å². The third kappa shape index (κ3) is 3.10. The maximum atomic E-state index is 10.1. The first-order valence-corrected chi connectivity index (χ1v) is 5.34. The molecule has 0 aliphatic carbocycles. The molecule has 0 aliphatic heterocycles. The van der Waals surface area contributed by atoms with Crippen molar-refractivity contribution in [3.63, 3.8) is 0 Å². The van der Waals surface area contributed by atoms with E-state index in [0.717, 1.165) is 31.3 Å². The van der Waals surface area contributed by atoms with E-state index < -0.39 is 0 Å². The molecule has 0 aromatic rings. The van der Waals surface area contributed by atoms with E-state index in [1.54, 1.807) is 0 Å². The van der Waals surface area contributed by atoms with Crippen LogP contribution in [0.1, 0.15) is 53.4 Å². The minimum absolute atomic E-state index is 0.132. The van der Waals surface area contributed by atoms with Gasteiger partial charge in [0.05, 0.1) is 5.76 Å². The van der Waals surface area contributed by atoms with E-state index in [4.69, 9.17) is 6.42 Å². The van der Waals surface area contributed by atoms with Gasteiger partial charge in [-0.3, -0.25) is 0 Å². The van der Waals surface area contributed by atoms with Crippen molar-refractivity contribution in [2.24, 2.45) is 5.41 Å². The highest BCUT2D eigenvalue weighted by Crippen LogP contribution is 2.36. The summed E-state index contributed by atoms with van der Waals surface area (Å²) in [7, 11) is 0. The van der Waals surface area contributed by atoms with E-state index in [1.165, 1.54) is 0 Å².